The molecule has 2 aromatic carbocycles. The van der Waals surface area contributed by atoms with Crippen LogP contribution in [-0.4, -0.2) is 20.6 Å². The minimum atomic E-state index is -0.528. The van der Waals surface area contributed by atoms with E-state index < -0.39 is 10.8 Å². The summed E-state index contributed by atoms with van der Waals surface area (Å²) in [5, 5.41) is 18.8. The van der Waals surface area contributed by atoms with Crippen molar-refractivity contribution in [3.63, 3.8) is 0 Å². The molecule has 4 rings (SSSR count). The molecule has 4 aromatic rings. The predicted octanol–water partition coefficient (Wildman–Crippen LogP) is 5.68. The number of nitrogens with zero attached hydrogens (tertiary/aromatic N) is 3. The number of ether oxygens (including phenoxy) is 1. The number of furan rings is 1. The standard InChI is InChI=1S/C22H16BrClN4O5/c23-17-12-27(11-14-5-7-15(24)8-6-14)26-21(17)25-22(29)20-10-9-16(33-20)13-32-19-4-2-1-3-18(19)28(30)31/h1-10,12H,11,13H2,(H,25,26,29). The fourth-order valence-corrected chi connectivity index (χ4v) is 3.51. The van der Waals surface area contributed by atoms with Gasteiger partial charge in [0, 0.05) is 17.3 Å². The Labute approximate surface area is 201 Å². The highest BCUT2D eigenvalue weighted by atomic mass is 79.9. The average Bonchev–Trinajstić information content (AvgIpc) is 3.40. The fraction of sp³-hybridized carbons (Fsp3) is 0.0909. The number of anilines is 1. The molecule has 2 aromatic heterocycles. The molecule has 11 heteroatoms. The number of para-hydroxylation sites is 2. The highest BCUT2D eigenvalue weighted by molar-refractivity contribution is 9.10. The molecule has 0 unspecified atom stereocenters. The van der Waals surface area contributed by atoms with E-state index >= 15 is 0 Å². The molecule has 0 fully saturated rings. The molecule has 0 aliphatic rings. The molecule has 0 saturated heterocycles. The Bertz CT molecular complexity index is 1300. The van der Waals surface area contributed by atoms with Crippen molar-refractivity contribution >= 4 is 44.9 Å². The number of rotatable bonds is 8. The highest BCUT2D eigenvalue weighted by Gasteiger charge is 2.17. The second kappa shape index (κ2) is 9.88. The maximum atomic E-state index is 12.6. The Morgan fingerprint density at radius 2 is 1.94 bits per heavy atom. The van der Waals surface area contributed by atoms with E-state index in [9.17, 15) is 14.9 Å². The molecular weight excluding hydrogens is 516 g/mol. The van der Waals surface area contributed by atoms with Gasteiger partial charge in [0.15, 0.2) is 17.3 Å². The summed E-state index contributed by atoms with van der Waals surface area (Å²) in [5.41, 5.74) is 0.850. The van der Waals surface area contributed by atoms with E-state index in [1.807, 2.05) is 12.1 Å². The number of nitro groups is 1. The maximum absolute atomic E-state index is 12.6. The second-order valence-corrected chi connectivity index (χ2v) is 8.17. The van der Waals surface area contributed by atoms with Crippen molar-refractivity contribution in [1.82, 2.24) is 9.78 Å². The first-order valence-electron chi connectivity index (χ1n) is 9.63. The largest absolute Gasteiger partial charge is 0.479 e. The quantitative estimate of drug-likeness (QED) is 0.231. The lowest BCUT2D eigenvalue weighted by Gasteiger charge is -2.04. The number of benzene rings is 2. The first-order valence-corrected chi connectivity index (χ1v) is 10.8. The lowest BCUT2D eigenvalue weighted by Crippen LogP contribution is -2.12. The van der Waals surface area contributed by atoms with Crippen molar-refractivity contribution in [2.45, 2.75) is 13.2 Å². The SMILES string of the molecule is O=C(Nc1nn(Cc2ccc(Cl)cc2)cc1Br)c1ccc(COc2ccccc2[N+](=O)[O-])o1. The van der Waals surface area contributed by atoms with Crippen LogP contribution in [0.2, 0.25) is 5.02 Å². The van der Waals surface area contributed by atoms with Crippen molar-refractivity contribution in [2.24, 2.45) is 0 Å². The molecule has 0 aliphatic heterocycles. The van der Waals surface area contributed by atoms with E-state index in [0.717, 1.165) is 5.56 Å². The van der Waals surface area contributed by atoms with E-state index in [4.69, 9.17) is 20.8 Å². The maximum Gasteiger partial charge on any atom is 0.310 e. The minimum Gasteiger partial charge on any atom is -0.479 e. The summed E-state index contributed by atoms with van der Waals surface area (Å²) < 4.78 is 13.3. The van der Waals surface area contributed by atoms with Gasteiger partial charge in [-0.1, -0.05) is 35.9 Å². The molecule has 1 amide bonds. The molecule has 9 nitrogen and oxygen atoms in total. The Kier molecular flexibility index (Phi) is 6.76. The topological polar surface area (TPSA) is 112 Å². The van der Waals surface area contributed by atoms with Gasteiger partial charge in [-0.2, -0.15) is 5.10 Å². The number of halogens is 2. The second-order valence-electron chi connectivity index (χ2n) is 6.88. The molecule has 0 radical (unpaired) electrons. The van der Waals surface area contributed by atoms with Crippen LogP contribution in [0.3, 0.4) is 0 Å². The molecule has 33 heavy (non-hydrogen) atoms. The third-order valence-electron chi connectivity index (χ3n) is 4.52. The van der Waals surface area contributed by atoms with Crippen molar-refractivity contribution in [3.05, 3.63) is 104 Å². The predicted molar refractivity (Wildman–Crippen MR) is 125 cm³/mol. The summed E-state index contributed by atoms with van der Waals surface area (Å²) in [6.07, 6.45) is 1.75. The van der Waals surface area contributed by atoms with Gasteiger partial charge in [0.05, 0.1) is 15.9 Å². The number of nitro benzene ring substituents is 1. The molecule has 2 heterocycles. The molecule has 0 bridgehead atoms. The molecule has 168 valence electrons. The average molecular weight is 532 g/mol. The Morgan fingerprint density at radius 3 is 2.70 bits per heavy atom. The summed E-state index contributed by atoms with van der Waals surface area (Å²) in [4.78, 5) is 23.1. The van der Waals surface area contributed by atoms with Crippen LogP contribution in [0.25, 0.3) is 0 Å². The van der Waals surface area contributed by atoms with Gasteiger partial charge in [-0.3, -0.25) is 19.6 Å². The monoisotopic (exact) mass is 530 g/mol. The molecule has 0 spiro atoms. The van der Waals surface area contributed by atoms with Crippen LogP contribution < -0.4 is 10.1 Å². The van der Waals surface area contributed by atoms with E-state index in [1.54, 1.807) is 41.2 Å². The number of nitrogens with one attached hydrogen (secondary N) is 1. The Hall–Kier alpha value is -3.63. The summed E-state index contributed by atoms with van der Waals surface area (Å²) in [6.45, 7) is 0.428. The molecule has 0 atom stereocenters. The molecule has 0 saturated carbocycles. The van der Waals surface area contributed by atoms with Gasteiger partial charge < -0.3 is 14.5 Å². The van der Waals surface area contributed by atoms with Gasteiger partial charge in [0.1, 0.15) is 12.4 Å². The first-order chi connectivity index (χ1) is 15.9. The Balaban J connectivity index is 1.38. The van der Waals surface area contributed by atoms with E-state index in [-0.39, 0.29) is 23.8 Å². The Morgan fingerprint density at radius 1 is 1.18 bits per heavy atom. The van der Waals surface area contributed by atoms with Crippen LogP contribution in [0.4, 0.5) is 11.5 Å². The number of aromatic nitrogens is 2. The zero-order valence-electron chi connectivity index (χ0n) is 16.9. The number of amides is 1. The number of hydrogen-bond donors (Lipinski definition) is 1. The summed E-state index contributed by atoms with van der Waals surface area (Å²) >= 11 is 9.30. The first kappa shape index (κ1) is 22.6. The smallest absolute Gasteiger partial charge is 0.310 e. The number of hydrogen-bond acceptors (Lipinski definition) is 6. The minimum absolute atomic E-state index is 0.0512. The summed E-state index contributed by atoms with van der Waals surface area (Å²) in [5.74, 6) is 0.341. The van der Waals surface area contributed by atoms with Crippen LogP contribution in [0, 0.1) is 10.1 Å². The fourth-order valence-electron chi connectivity index (χ4n) is 2.97. The molecular formula is C22H16BrClN4O5. The number of carbonyl (C=O) groups is 1. The lowest BCUT2D eigenvalue weighted by atomic mass is 10.2. The highest BCUT2D eigenvalue weighted by Crippen LogP contribution is 2.27. The van der Waals surface area contributed by atoms with Crippen LogP contribution in [-0.2, 0) is 13.2 Å². The van der Waals surface area contributed by atoms with Gasteiger partial charge in [-0.05, 0) is 51.8 Å². The summed E-state index contributed by atoms with van der Waals surface area (Å²) in [7, 11) is 0. The molecule has 1 N–H and O–H groups in total. The van der Waals surface area contributed by atoms with Crippen molar-refractivity contribution in [2.75, 3.05) is 5.32 Å². The zero-order valence-corrected chi connectivity index (χ0v) is 19.2. The van der Waals surface area contributed by atoms with Gasteiger partial charge in [-0.25, -0.2) is 0 Å². The van der Waals surface area contributed by atoms with Gasteiger partial charge >= 0.3 is 5.69 Å². The van der Waals surface area contributed by atoms with Crippen molar-refractivity contribution < 1.29 is 18.9 Å². The van der Waals surface area contributed by atoms with E-state index in [2.05, 4.69) is 26.3 Å². The van der Waals surface area contributed by atoms with Crippen LogP contribution >= 0.6 is 27.5 Å². The normalized spacial score (nSPS) is 10.7. The van der Waals surface area contributed by atoms with Gasteiger partial charge in [0.2, 0.25) is 0 Å². The van der Waals surface area contributed by atoms with Gasteiger partial charge in [0.25, 0.3) is 5.91 Å². The van der Waals surface area contributed by atoms with Crippen molar-refractivity contribution in [3.8, 4) is 5.75 Å². The van der Waals surface area contributed by atoms with Crippen LogP contribution in [0.5, 0.6) is 5.75 Å². The van der Waals surface area contributed by atoms with Crippen LogP contribution in [0.15, 0.2) is 75.8 Å². The lowest BCUT2D eigenvalue weighted by molar-refractivity contribution is -0.386. The van der Waals surface area contributed by atoms with Crippen molar-refractivity contribution in [1.29, 1.82) is 0 Å². The number of carbonyl (C=O) groups excluding carboxylic acids is 1. The van der Waals surface area contributed by atoms with E-state index in [0.29, 0.717) is 27.6 Å². The van der Waals surface area contributed by atoms with Crippen LogP contribution in [0.1, 0.15) is 21.9 Å². The third kappa shape index (κ3) is 5.60. The third-order valence-corrected chi connectivity index (χ3v) is 5.36. The van der Waals surface area contributed by atoms with E-state index in [1.165, 1.54) is 18.2 Å². The zero-order chi connectivity index (χ0) is 23.4. The molecule has 0 aliphatic carbocycles. The summed E-state index contributed by atoms with van der Waals surface area (Å²) in [6, 6.07) is 16.5. The van der Waals surface area contributed by atoms with Gasteiger partial charge in [-0.15, -0.1) is 0 Å².